The van der Waals surface area contributed by atoms with Gasteiger partial charge in [-0.25, -0.2) is 0 Å². The first kappa shape index (κ1) is 14.7. The van der Waals surface area contributed by atoms with Gasteiger partial charge in [0, 0.05) is 18.2 Å². The zero-order valence-corrected chi connectivity index (χ0v) is 11.8. The van der Waals surface area contributed by atoms with Crippen LogP contribution in [0.2, 0.25) is 0 Å². The van der Waals surface area contributed by atoms with E-state index in [9.17, 15) is 0 Å². The van der Waals surface area contributed by atoms with E-state index in [4.69, 9.17) is 10.9 Å². The molecule has 0 saturated carbocycles. The lowest BCUT2D eigenvalue weighted by atomic mass is 10.1. The minimum Gasteiger partial charge on any atom is -0.360 e. The molecule has 0 saturated heterocycles. The molecule has 0 amide bonds. The molecule has 0 fully saturated rings. The Morgan fingerprint density at radius 1 is 1.50 bits per heavy atom. The minimum atomic E-state index is 0.0814. The molecule has 4 nitrogen and oxygen atoms in total. The Hall–Kier alpha value is -1.31. The Morgan fingerprint density at radius 3 is 2.78 bits per heavy atom. The number of rotatable bonds is 6. The van der Waals surface area contributed by atoms with Crippen LogP contribution >= 0.6 is 0 Å². The average Bonchev–Trinajstić information content (AvgIpc) is 2.73. The second kappa shape index (κ2) is 6.58. The van der Waals surface area contributed by atoms with E-state index in [-0.39, 0.29) is 5.54 Å². The van der Waals surface area contributed by atoms with Crippen LogP contribution < -0.4 is 5.32 Å². The van der Waals surface area contributed by atoms with Crippen molar-refractivity contribution in [2.24, 2.45) is 0 Å². The van der Waals surface area contributed by atoms with Crippen molar-refractivity contribution in [3.63, 3.8) is 0 Å². The largest absolute Gasteiger partial charge is 0.360 e. The molecule has 1 heterocycles. The van der Waals surface area contributed by atoms with Crippen molar-refractivity contribution < 1.29 is 4.52 Å². The molecule has 1 rings (SSSR count). The van der Waals surface area contributed by atoms with E-state index in [0.29, 0.717) is 19.6 Å². The van der Waals surface area contributed by atoms with E-state index >= 15 is 0 Å². The highest BCUT2D eigenvalue weighted by atomic mass is 16.5. The fourth-order valence-electron chi connectivity index (χ4n) is 1.50. The summed E-state index contributed by atoms with van der Waals surface area (Å²) >= 11 is 0. The van der Waals surface area contributed by atoms with Crippen molar-refractivity contribution in [1.82, 2.24) is 15.4 Å². The predicted octanol–water partition coefficient (Wildman–Crippen LogP) is 2.02. The summed E-state index contributed by atoms with van der Waals surface area (Å²) in [7, 11) is 0. The summed E-state index contributed by atoms with van der Waals surface area (Å²) in [5.41, 5.74) is 1.01. The maximum absolute atomic E-state index is 5.31. The third kappa shape index (κ3) is 5.35. The summed E-state index contributed by atoms with van der Waals surface area (Å²) in [6, 6.07) is 1.98. The second-order valence-corrected chi connectivity index (χ2v) is 5.40. The van der Waals surface area contributed by atoms with E-state index in [1.165, 1.54) is 0 Å². The van der Waals surface area contributed by atoms with Crippen LogP contribution in [0.3, 0.4) is 0 Å². The summed E-state index contributed by atoms with van der Waals surface area (Å²) in [6.07, 6.45) is 5.31. The van der Waals surface area contributed by atoms with Crippen molar-refractivity contribution in [1.29, 1.82) is 0 Å². The fourth-order valence-corrected chi connectivity index (χ4v) is 1.50. The van der Waals surface area contributed by atoms with Gasteiger partial charge >= 0.3 is 0 Å². The van der Waals surface area contributed by atoms with Crippen LogP contribution in [0.4, 0.5) is 0 Å². The smallest absolute Gasteiger partial charge is 0.151 e. The summed E-state index contributed by atoms with van der Waals surface area (Å²) in [5.74, 6) is 3.50. The third-order valence-corrected chi connectivity index (χ3v) is 2.55. The van der Waals surface area contributed by atoms with Gasteiger partial charge in [-0.15, -0.1) is 6.42 Å². The van der Waals surface area contributed by atoms with E-state index in [2.05, 4.69) is 49.0 Å². The van der Waals surface area contributed by atoms with E-state index < -0.39 is 0 Å². The molecule has 1 aromatic rings. The van der Waals surface area contributed by atoms with Gasteiger partial charge in [-0.05, 0) is 27.3 Å². The summed E-state index contributed by atoms with van der Waals surface area (Å²) in [4.78, 5) is 2.13. The Labute approximate surface area is 110 Å². The van der Waals surface area contributed by atoms with Crippen LogP contribution in [0.15, 0.2) is 10.6 Å². The SMILES string of the molecule is C#CCN(CC)Cc1cc(CNC(C)(C)C)no1. The number of aromatic nitrogens is 1. The normalized spacial score (nSPS) is 11.8. The molecule has 1 N–H and O–H groups in total. The quantitative estimate of drug-likeness (QED) is 0.783. The highest BCUT2D eigenvalue weighted by Crippen LogP contribution is 2.08. The lowest BCUT2D eigenvalue weighted by molar-refractivity contribution is 0.263. The Morgan fingerprint density at radius 2 is 2.22 bits per heavy atom. The maximum Gasteiger partial charge on any atom is 0.151 e. The summed E-state index contributed by atoms with van der Waals surface area (Å²) in [5, 5.41) is 7.43. The van der Waals surface area contributed by atoms with Gasteiger partial charge in [-0.2, -0.15) is 0 Å². The van der Waals surface area contributed by atoms with Crippen LogP contribution in [0.25, 0.3) is 0 Å². The molecule has 1 aromatic heterocycles. The van der Waals surface area contributed by atoms with Gasteiger partial charge in [-0.1, -0.05) is 18.0 Å². The van der Waals surface area contributed by atoms with Crippen molar-refractivity contribution in [2.75, 3.05) is 13.1 Å². The molecule has 0 spiro atoms. The summed E-state index contributed by atoms with van der Waals surface area (Å²) in [6.45, 7) is 11.4. The molecule has 0 radical (unpaired) electrons. The predicted molar refractivity (Wildman–Crippen MR) is 72.9 cm³/mol. The standard InChI is InChI=1S/C14H23N3O/c1-6-8-17(7-2)11-13-9-12(16-18-13)10-15-14(3,4)5/h1,9,15H,7-8,10-11H2,2-5H3. The van der Waals surface area contributed by atoms with Gasteiger partial charge in [0.25, 0.3) is 0 Å². The number of nitrogens with one attached hydrogen (secondary N) is 1. The highest BCUT2D eigenvalue weighted by Gasteiger charge is 2.12. The number of terminal acetylenes is 1. The van der Waals surface area contributed by atoms with Crippen LogP contribution in [0.1, 0.15) is 39.1 Å². The maximum atomic E-state index is 5.31. The van der Waals surface area contributed by atoms with Gasteiger partial charge in [0.1, 0.15) is 0 Å². The lowest BCUT2D eigenvalue weighted by Crippen LogP contribution is -2.35. The molecule has 18 heavy (non-hydrogen) atoms. The van der Waals surface area contributed by atoms with Gasteiger partial charge in [-0.3, -0.25) is 4.90 Å². The molecule has 0 bridgehead atoms. The zero-order valence-electron chi connectivity index (χ0n) is 11.8. The van der Waals surface area contributed by atoms with Crippen molar-refractivity contribution in [3.05, 3.63) is 17.5 Å². The number of nitrogens with zero attached hydrogens (tertiary/aromatic N) is 2. The average molecular weight is 249 g/mol. The number of hydrogen-bond acceptors (Lipinski definition) is 4. The third-order valence-electron chi connectivity index (χ3n) is 2.55. The Balaban J connectivity index is 2.50. The lowest BCUT2D eigenvalue weighted by Gasteiger charge is -2.19. The zero-order chi connectivity index (χ0) is 13.6. The fraction of sp³-hybridized carbons (Fsp3) is 0.643. The molecule has 4 heteroatoms. The van der Waals surface area contributed by atoms with Crippen molar-refractivity contribution in [2.45, 2.75) is 46.3 Å². The van der Waals surface area contributed by atoms with Gasteiger partial charge in [0.05, 0.1) is 18.8 Å². The van der Waals surface area contributed by atoms with E-state index in [1.807, 2.05) is 6.07 Å². The molecule has 0 aliphatic carbocycles. The van der Waals surface area contributed by atoms with Gasteiger partial charge in [0.2, 0.25) is 0 Å². The molecule has 100 valence electrons. The minimum absolute atomic E-state index is 0.0814. The number of hydrogen-bond donors (Lipinski definition) is 1. The molecular weight excluding hydrogens is 226 g/mol. The molecule has 0 aromatic carbocycles. The van der Waals surface area contributed by atoms with Gasteiger partial charge in [0.15, 0.2) is 5.76 Å². The molecule has 0 aliphatic rings. The van der Waals surface area contributed by atoms with E-state index in [1.54, 1.807) is 0 Å². The van der Waals surface area contributed by atoms with Crippen LogP contribution in [0.5, 0.6) is 0 Å². The first-order valence-corrected chi connectivity index (χ1v) is 6.30. The van der Waals surface area contributed by atoms with Crippen LogP contribution in [-0.2, 0) is 13.1 Å². The molecule has 0 unspecified atom stereocenters. The van der Waals surface area contributed by atoms with Crippen molar-refractivity contribution in [3.8, 4) is 12.3 Å². The molecular formula is C14H23N3O. The van der Waals surface area contributed by atoms with Crippen LogP contribution in [-0.4, -0.2) is 28.7 Å². The first-order chi connectivity index (χ1) is 8.44. The Bertz CT molecular complexity index is 398. The Kier molecular flexibility index (Phi) is 5.39. The summed E-state index contributed by atoms with van der Waals surface area (Å²) < 4.78 is 5.31. The monoisotopic (exact) mass is 249 g/mol. The second-order valence-electron chi connectivity index (χ2n) is 5.40. The van der Waals surface area contributed by atoms with E-state index in [0.717, 1.165) is 18.0 Å². The first-order valence-electron chi connectivity index (χ1n) is 6.30. The highest BCUT2D eigenvalue weighted by molar-refractivity contribution is 5.06. The molecule has 0 atom stereocenters. The topological polar surface area (TPSA) is 41.3 Å². The van der Waals surface area contributed by atoms with Crippen molar-refractivity contribution >= 4 is 0 Å². The van der Waals surface area contributed by atoms with Gasteiger partial charge < -0.3 is 9.84 Å². The molecule has 0 aliphatic heterocycles. The van der Waals surface area contributed by atoms with Crippen LogP contribution in [0, 0.1) is 12.3 Å².